The highest BCUT2D eigenvalue weighted by Gasteiger charge is 2.28. The van der Waals surface area contributed by atoms with Crippen LogP contribution in [0.2, 0.25) is 0 Å². The van der Waals surface area contributed by atoms with Crippen molar-refractivity contribution in [1.29, 1.82) is 0 Å². The molecule has 6 rings (SSSR count). The predicted octanol–water partition coefficient (Wildman–Crippen LogP) is 5.95. The molecule has 0 saturated carbocycles. The molecule has 0 bridgehead atoms. The first-order valence-corrected chi connectivity index (χ1v) is 18.3. The summed E-state index contributed by atoms with van der Waals surface area (Å²) in [6, 6.07) is 10.9. The lowest BCUT2D eigenvalue weighted by atomic mass is 10.3. The summed E-state index contributed by atoms with van der Waals surface area (Å²) in [4.78, 5) is 3.86. The fourth-order valence-corrected chi connectivity index (χ4v) is 7.42. The third kappa shape index (κ3) is 8.88. The van der Waals surface area contributed by atoms with E-state index in [1.54, 1.807) is 22.7 Å². The standard InChI is InChI=1S/2C15H16O6S2.CH4/c2*1-9-14-15(10(2)22-9)21-12(8-20-14)7-19-11-3-5-13(6-4-11)23(16,17)18;/h2*3-6,12H,7-8H2,1-2H3,(H,16,17,18);1H4/p-1. The van der Waals surface area contributed by atoms with E-state index in [2.05, 4.69) is 0 Å². The number of benzene rings is 2. The molecule has 0 saturated heterocycles. The van der Waals surface area contributed by atoms with Crippen LogP contribution in [0, 0.1) is 27.7 Å². The molecule has 2 aliphatic heterocycles. The van der Waals surface area contributed by atoms with Crippen LogP contribution in [-0.4, -0.2) is 64.6 Å². The summed E-state index contributed by atoms with van der Waals surface area (Å²) in [6.07, 6.45) is -0.491. The Morgan fingerprint density at radius 3 is 1.40 bits per heavy atom. The molecule has 0 fully saturated rings. The van der Waals surface area contributed by atoms with Gasteiger partial charge >= 0.3 is 0 Å². The van der Waals surface area contributed by atoms with Gasteiger partial charge in [0.15, 0.2) is 35.2 Å². The topological polar surface area (TPSA) is 167 Å². The number of ether oxygens (including phenoxy) is 6. The Morgan fingerprint density at radius 2 is 1.04 bits per heavy atom. The zero-order valence-electron chi connectivity index (χ0n) is 25.2. The SMILES string of the molecule is C.Cc1sc(C)c2c1OCC(COc1ccc(S(=O)(=O)O)cc1)O2.Cc1sc(C)c2c1OCC(COc1ccc(S(=O)(=O)[O-])cc1)O2. The van der Waals surface area contributed by atoms with Gasteiger partial charge in [-0.25, -0.2) is 8.42 Å². The van der Waals surface area contributed by atoms with Crippen LogP contribution in [0.3, 0.4) is 0 Å². The van der Waals surface area contributed by atoms with Crippen molar-refractivity contribution in [3.8, 4) is 34.5 Å². The lowest BCUT2D eigenvalue weighted by molar-refractivity contribution is 0.0536. The first kappa shape index (κ1) is 36.3. The van der Waals surface area contributed by atoms with E-state index in [0.29, 0.717) is 24.7 Å². The molecular formula is C31H35O12S4-. The summed E-state index contributed by atoms with van der Waals surface area (Å²) >= 11 is 3.26. The van der Waals surface area contributed by atoms with Crippen molar-refractivity contribution < 1.29 is 54.4 Å². The van der Waals surface area contributed by atoms with Gasteiger partial charge in [-0.2, -0.15) is 8.42 Å². The number of rotatable bonds is 8. The third-order valence-electron chi connectivity index (χ3n) is 6.81. The zero-order valence-corrected chi connectivity index (χ0v) is 28.4. The highest BCUT2D eigenvalue weighted by atomic mass is 32.2. The number of aryl methyl sites for hydroxylation is 4. The normalized spacial score (nSPS) is 16.7. The quantitative estimate of drug-likeness (QED) is 0.212. The molecule has 4 heterocycles. The molecule has 2 unspecified atom stereocenters. The van der Waals surface area contributed by atoms with Gasteiger partial charge in [0.2, 0.25) is 0 Å². The molecular weight excluding hydrogens is 693 g/mol. The van der Waals surface area contributed by atoms with Gasteiger partial charge < -0.3 is 33.0 Å². The smallest absolute Gasteiger partial charge is 0.294 e. The summed E-state index contributed by atoms with van der Waals surface area (Å²) < 4.78 is 97.9. The van der Waals surface area contributed by atoms with Gasteiger partial charge in [0.1, 0.15) is 48.0 Å². The Labute approximate surface area is 282 Å². The van der Waals surface area contributed by atoms with Crippen molar-refractivity contribution >= 4 is 42.9 Å². The second-order valence-corrected chi connectivity index (χ2v) is 16.0. The van der Waals surface area contributed by atoms with Gasteiger partial charge in [-0.3, -0.25) is 4.55 Å². The van der Waals surface area contributed by atoms with E-state index in [1.807, 2.05) is 27.7 Å². The largest absolute Gasteiger partial charge is 0.744 e. The first-order chi connectivity index (χ1) is 21.7. The molecule has 4 aromatic rings. The molecule has 256 valence electrons. The molecule has 0 amide bonds. The number of thiophene rings is 2. The average molecular weight is 728 g/mol. The minimum Gasteiger partial charge on any atom is -0.744 e. The van der Waals surface area contributed by atoms with E-state index < -0.39 is 20.2 Å². The van der Waals surface area contributed by atoms with Crippen LogP contribution in [0.25, 0.3) is 0 Å². The van der Waals surface area contributed by atoms with Crippen LogP contribution in [0.5, 0.6) is 34.5 Å². The van der Waals surface area contributed by atoms with E-state index in [-0.39, 0.29) is 42.6 Å². The zero-order chi connectivity index (χ0) is 33.2. The van der Waals surface area contributed by atoms with E-state index in [4.69, 9.17) is 33.0 Å². The number of hydrogen-bond acceptors (Lipinski definition) is 13. The highest BCUT2D eigenvalue weighted by molar-refractivity contribution is 7.86. The molecule has 47 heavy (non-hydrogen) atoms. The van der Waals surface area contributed by atoms with E-state index in [0.717, 1.165) is 42.5 Å². The van der Waals surface area contributed by atoms with Crippen LogP contribution < -0.4 is 28.4 Å². The monoisotopic (exact) mass is 727 g/mol. The molecule has 0 aliphatic carbocycles. The molecule has 2 aromatic heterocycles. The van der Waals surface area contributed by atoms with Crippen molar-refractivity contribution in [2.24, 2.45) is 0 Å². The van der Waals surface area contributed by atoms with Crippen LogP contribution >= 0.6 is 22.7 Å². The van der Waals surface area contributed by atoms with Crippen LogP contribution in [0.4, 0.5) is 0 Å². The molecule has 2 atom stereocenters. The summed E-state index contributed by atoms with van der Waals surface area (Å²) in [5.74, 6) is 4.10. The summed E-state index contributed by atoms with van der Waals surface area (Å²) in [7, 11) is -8.63. The molecule has 16 heteroatoms. The molecule has 2 aliphatic rings. The summed E-state index contributed by atoms with van der Waals surface area (Å²) in [6.45, 7) is 9.26. The summed E-state index contributed by atoms with van der Waals surface area (Å²) in [5, 5.41) is 0. The third-order valence-corrected chi connectivity index (χ3v) is 10.5. The van der Waals surface area contributed by atoms with Gasteiger partial charge in [0.25, 0.3) is 10.1 Å². The van der Waals surface area contributed by atoms with Gasteiger partial charge in [-0.15, -0.1) is 22.7 Å². The fourth-order valence-electron chi connectivity index (χ4n) is 4.60. The lowest BCUT2D eigenvalue weighted by Crippen LogP contribution is -2.34. The molecule has 2 aromatic carbocycles. The maximum absolute atomic E-state index is 11.0. The predicted molar refractivity (Wildman–Crippen MR) is 176 cm³/mol. The van der Waals surface area contributed by atoms with E-state index >= 15 is 0 Å². The second kappa shape index (κ2) is 14.7. The summed E-state index contributed by atoms with van der Waals surface area (Å²) in [5.41, 5.74) is 0. The Morgan fingerprint density at radius 1 is 0.681 bits per heavy atom. The maximum atomic E-state index is 11.0. The number of hydrogen-bond donors (Lipinski definition) is 1. The minimum absolute atomic E-state index is 0. The molecule has 1 N–H and O–H groups in total. The molecule has 0 spiro atoms. The fraction of sp³-hybridized carbons (Fsp3) is 0.355. The van der Waals surface area contributed by atoms with Crippen molar-refractivity contribution in [3.05, 3.63) is 68.0 Å². The molecule has 12 nitrogen and oxygen atoms in total. The first-order valence-electron chi connectivity index (χ1n) is 13.9. The van der Waals surface area contributed by atoms with Crippen molar-refractivity contribution in [2.45, 2.75) is 57.1 Å². The van der Waals surface area contributed by atoms with Crippen LogP contribution in [-0.2, 0) is 20.2 Å². The van der Waals surface area contributed by atoms with Crippen molar-refractivity contribution in [3.63, 3.8) is 0 Å². The van der Waals surface area contributed by atoms with Gasteiger partial charge in [-0.05, 0) is 76.2 Å². The second-order valence-electron chi connectivity index (χ2n) is 10.3. The Kier molecular flexibility index (Phi) is 11.4. The van der Waals surface area contributed by atoms with Crippen molar-refractivity contribution in [1.82, 2.24) is 0 Å². The Bertz CT molecular complexity index is 1750. The van der Waals surface area contributed by atoms with E-state index in [9.17, 15) is 21.4 Å². The average Bonchev–Trinajstić information content (AvgIpc) is 3.46. The highest BCUT2D eigenvalue weighted by Crippen LogP contribution is 2.45. The van der Waals surface area contributed by atoms with Crippen molar-refractivity contribution in [2.75, 3.05) is 26.4 Å². The lowest BCUT2D eigenvalue weighted by Gasteiger charge is -2.25. The van der Waals surface area contributed by atoms with Gasteiger partial charge in [0, 0.05) is 19.5 Å². The Balaban J connectivity index is 0.000000208. The van der Waals surface area contributed by atoms with E-state index in [1.165, 1.54) is 48.5 Å². The minimum atomic E-state index is -4.44. The van der Waals surface area contributed by atoms with Gasteiger partial charge in [0.05, 0.1) is 9.79 Å². The maximum Gasteiger partial charge on any atom is 0.294 e. The number of fused-ring (bicyclic) bond motifs is 2. The van der Waals surface area contributed by atoms with Crippen LogP contribution in [0.1, 0.15) is 26.9 Å². The van der Waals surface area contributed by atoms with Crippen LogP contribution in [0.15, 0.2) is 58.3 Å². The Hall–Kier alpha value is -3.54. The molecule has 0 radical (unpaired) electrons. The van der Waals surface area contributed by atoms with Gasteiger partial charge in [-0.1, -0.05) is 7.43 Å².